The normalized spacial score (nSPS) is 12.4. The van der Waals surface area contributed by atoms with Gasteiger partial charge >= 0.3 is 10.2 Å². The molecule has 2 N–H and O–H groups in total. The second kappa shape index (κ2) is 8.36. The number of fused-ring (bicyclic) bond motifs is 3. The molecule has 0 fully saturated rings. The van der Waals surface area contributed by atoms with E-state index in [4.69, 9.17) is 16.7 Å². The number of aromatic nitrogens is 3. The second-order valence-corrected chi connectivity index (χ2v) is 9.79. The standard InChI is InChI=1S/C25H19ClN6O2S/c1-15-3-4-16(13-27)11-22(15)32-24-20-12-18(17-5-8-19(26)9-6-17)7-10-21(20)29-14-23(24)31(2)25(32)30-35(28,33)34/h3-12,14H,1-2H3,(H2,28,33,34). The van der Waals surface area contributed by atoms with Crippen LogP contribution in [-0.2, 0) is 17.3 Å². The first-order valence-electron chi connectivity index (χ1n) is 10.5. The number of benzene rings is 3. The Morgan fingerprint density at radius 1 is 1.06 bits per heavy atom. The van der Waals surface area contributed by atoms with Crippen molar-refractivity contribution >= 4 is 43.7 Å². The molecule has 0 radical (unpaired) electrons. The summed E-state index contributed by atoms with van der Waals surface area (Å²) in [5, 5.41) is 16.3. The minimum Gasteiger partial charge on any atom is -0.311 e. The van der Waals surface area contributed by atoms with E-state index < -0.39 is 10.2 Å². The highest BCUT2D eigenvalue weighted by atomic mass is 35.5. The molecule has 0 aliphatic carbocycles. The molecule has 0 aliphatic heterocycles. The predicted octanol–water partition coefficient (Wildman–Crippen LogP) is 4.12. The Balaban J connectivity index is 1.98. The van der Waals surface area contributed by atoms with Gasteiger partial charge < -0.3 is 4.57 Å². The number of hydrogen-bond donors (Lipinski definition) is 1. The van der Waals surface area contributed by atoms with E-state index in [0.29, 0.717) is 32.8 Å². The van der Waals surface area contributed by atoms with Crippen molar-refractivity contribution in [1.29, 1.82) is 5.26 Å². The summed E-state index contributed by atoms with van der Waals surface area (Å²) < 4.78 is 31.3. The number of aryl methyl sites for hydroxylation is 2. The number of nitrogens with two attached hydrogens (primary N) is 1. The molecule has 174 valence electrons. The van der Waals surface area contributed by atoms with Gasteiger partial charge in [-0.3, -0.25) is 9.55 Å². The SMILES string of the molecule is Cc1ccc(C#N)cc1-n1c(=NS(N)(=O)=O)n(C)c2cnc3ccc(-c4ccc(Cl)cc4)cc3c21. The zero-order valence-electron chi connectivity index (χ0n) is 18.8. The molecule has 8 nitrogen and oxygen atoms in total. The van der Waals surface area contributed by atoms with Crippen molar-refractivity contribution in [2.24, 2.45) is 16.6 Å². The fraction of sp³-hybridized carbons (Fsp3) is 0.0800. The number of nitrogens with zero attached hydrogens (tertiary/aromatic N) is 5. The second-order valence-electron chi connectivity index (χ2n) is 8.14. The van der Waals surface area contributed by atoms with E-state index >= 15 is 0 Å². The maximum Gasteiger partial charge on any atom is 0.320 e. The topological polar surface area (TPSA) is 119 Å². The zero-order chi connectivity index (χ0) is 24.9. The average molecular weight is 503 g/mol. The van der Waals surface area contributed by atoms with Gasteiger partial charge in [0.25, 0.3) is 0 Å². The van der Waals surface area contributed by atoms with Crippen LogP contribution in [0.5, 0.6) is 0 Å². The number of nitriles is 1. The van der Waals surface area contributed by atoms with Gasteiger partial charge in [-0.2, -0.15) is 13.7 Å². The third-order valence-electron chi connectivity index (χ3n) is 5.87. The molecule has 5 aromatic rings. The Morgan fingerprint density at radius 2 is 1.77 bits per heavy atom. The molecule has 2 aromatic heterocycles. The van der Waals surface area contributed by atoms with Gasteiger partial charge in [-0.15, -0.1) is 4.40 Å². The van der Waals surface area contributed by atoms with Gasteiger partial charge in [0.05, 0.1) is 40.1 Å². The lowest BCUT2D eigenvalue weighted by atomic mass is 10.0. The molecule has 0 amide bonds. The van der Waals surface area contributed by atoms with Crippen LogP contribution in [-0.4, -0.2) is 22.5 Å². The summed E-state index contributed by atoms with van der Waals surface area (Å²) in [6.45, 7) is 1.88. The summed E-state index contributed by atoms with van der Waals surface area (Å²) in [5.41, 5.74) is 5.91. The summed E-state index contributed by atoms with van der Waals surface area (Å²) >= 11 is 6.06. The van der Waals surface area contributed by atoms with Gasteiger partial charge in [0.1, 0.15) is 0 Å². The third-order valence-corrected chi connectivity index (χ3v) is 6.54. The highest BCUT2D eigenvalue weighted by Gasteiger charge is 2.19. The van der Waals surface area contributed by atoms with E-state index in [1.54, 1.807) is 34.5 Å². The number of pyridine rings is 1. The Morgan fingerprint density at radius 3 is 2.46 bits per heavy atom. The van der Waals surface area contributed by atoms with Gasteiger partial charge in [0, 0.05) is 17.5 Å². The first-order chi connectivity index (χ1) is 16.7. The lowest BCUT2D eigenvalue weighted by Crippen LogP contribution is -2.27. The van der Waals surface area contributed by atoms with E-state index in [2.05, 4.69) is 15.5 Å². The average Bonchev–Trinajstić information content (AvgIpc) is 3.10. The van der Waals surface area contributed by atoms with Crippen LogP contribution >= 0.6 is 11.6 Å². The van der Waals surface area contributed by atoms with Gasteiger partial charge in [0.2, 0.25) is 5.62 Å². The van der Waals surface area contributed by atoms with Crippen molar-refractivity contribution in [1.82, 2.24) is 14.1 Å². The van der Waals surface area contributed by atoms with Crippen LogP contribution in [0.4, 0.5) is 0 Å². The lowest BCUT2D eigenvalue weighted by Gasteiger charge is -2.11. The van der Waals surface area contributed by atoms with E-state index in [-0.39, 0.29) is 5.62 Å². The summed E-state index contributed by atoms with van der Waals surface area (Å²) in [7, 11) is -2.53. The highest BCUT2D eigenvalue weighted by molar-refractivity contribution is 7.87. The molecular formula is C25H19ClN6O2S. The molecule has 0 unspecified atom stereocenters. The van der Waals surface area contributed by atoms with E-state index in [1.807, 2.05) is 55.5 Å². The zero-order valence-corrected chi connectivity index (χ0v) is 20.3. The van der Waals surface area contributed by atoms with Crippen LogP contribution in [0.15, 0.2) is 71.3 Å². The molecule has 5 rings (SSSR count). The first-order valence-corrected chi connectivity index (χ1v) is 12.4. The minimum atomic E-state index is -4.23. The van der Waals surface area contributed by atoms with Crippen molar-refractivity contribution in [3.8, 4) is 22.9 Å². The van der Waals surface area contributed by atoms with E-state index in [1.165, 1.54) is 0 Å². The fourth-order valence-electron chi connectivity index (χ4n) is 4.19. The van der Waals surface area contributed by atoms with Crippen LogP contribution < -0.4 is 10.8 Å². The Bertz CT molecular complexity index is 1860. The van der Waals surface area contributed by atoms with Gasteiger partial charge in [-0.1, -0.05) is 35.9 Å². The number of halogens is 1. The predicted molar refractivity (Wildman–Crippen MR) is 136 cm³/mol. The molecule has 0 spiro atoms. The molecule has 0 aliphatic rings. The molecular weight excluding hydrogens is 484 g/mol. The lowest BCUT2D eigenvalue weighted by molar-refractivity contribution is 0.596. The van der Waals surface area contributed by atoms with Gasteiger partial charge in [0.15, 0.2) is 0 Å². The maximum atomic E-state index is 12.1. The third kappa shape index (κ3) is 4.08. The number of hydrogen-bond acceptors (Lipinski definition) is 4. The summed E-state index contributed by atoms with van der Waals surface area (Å²) in [6, 6.07) is 20.7. The molecule has 0 bridgehead atoms. The van der Waals surface area contributed by atoms with Crippen molar-refractivity contribution in [3.05, 3.63) is 88.6 Å². The largest absolute Gasteiger partial charge is 0.320 e. The van der Waals surface area contributed by atoms with Crippen LogP contribution in [0.25, 0.3) is 38.8 Å². The first kappa shape index (κ1) is 22.8. The molecule has 0 saturated heterocycles. The van der Waals surface area contributed by atoms with Crippen LogP contribution in [0, 0.1) is 18.3 Å². The molecule has 35 heavy (non-hydrogen) atoms. The molecule has 10 heteroatoms. The Hall–Kier alpha value is -3.97. The van der Waals surface area contributed by atoms with Crippen LogP contribution in [0.3, 0.4) is 0 Å². The number of rotatable bonds is 3. The fourth-order valence-corrected chi connectivity index (χ4v) is 4.75. The van der Waals surface area contributed by atoms with Crippen LogP contribution in [0.1, 0.15) is 11.1 Å². The van der Waals surface area contributed by atoms with Crippen LogP contribution in [0.2, 0.25) is 5.02 Å². The molecule has 2 heterocycles. The Kier molecular flexibility index (Phi) is 5.44. The smallest absolute Gasteiger partial charge is 0.311 e. The summed E-state index contributed by atoms with van der Waals surface area (Å²) in [4.78, 5) is 4.59. The van der Waals surface area contributed by atoms with Gasteiger partial charge in [-0.05, 0) is 60.0 Å². The monoisotopic (exact) mass is 502 g/mol. The van der Waals surface area contributed by atoms with Crippen molar-refractivity contribution in [2.45, 2.75) is 6.92 Å². The number of imidazole rings is 1. The van der Waals surface area contributed by atoms with E-state index in [9.17, 15) is 13.7 Å². The quantitative estimate of drug-likeness (QED) is 0.399. The van der Waals surface area contributed by atoms with Crippen molar-refractivity contribution < 1.29 is 8.42 Å². The van der Waals surface area contributed by atoms with Crippen molar-refractivity contribution in [3.63, 3.8) is 0 Å². The summed E-state index contributed by atoms with van der Waals surface area (Å²) in [6.07, 6.45) is 1.67. The molecule has 0 atom stereocenters. The van der Waals surface area contributed by atoms with Gasteiger partial charge in [-0.25, -0.2) is 5.14 Å². The Labute approximate surface area is 206 Å². The molecule has 0 saturated carbocycles. The molecule has 3 aromatic carbocycles. The maximum absolute atomic E-state index is 12.1. The summed E-state index contributed by atoms with van der Waals surface area (Å²) in [5.74, 6) is 0. The van der Waals surface area contributed by atoms with Crippen molar-refractivity contribution in [2.75, 3.05) is 0 Å². The minimum absolute atomic E-state index is 0.0897. The van der Waals surface area contributed by atoms with E-state index in [0.717, 1.165) is 22.1 Å². The highest BCUT2D eigenvalue weighted by Crippen LogP contribution is 2.31.